The highest BCUT2D eigenvalue weighted by atomic mass is 32.2. The number of carbonyl (C=O) groups is 1. The topological polar surface area (TPSA) is 170 Å². The molecule has 0 aliphatic carbocycles. The summed E-state index contributed by atoms with van der Waals surface area (Å²) in [7, 11) is -3.67. The van der Waals surface area contributed by atoms with Gasteiger partial charge in [-0.1, -0.05) is 36.8 Å². The standard InChI is InChI=1S/C9H13N.C6H14N2O2.CH4O3S/c1-8(10)7-9-5-3-2-4-6-9;7-4-2-1-3-5(8)6(9)10;1-5(2,3)4/h2-6,8H,7,10H2,1H3;5H,1-4,7-8H2,(H,9,10);1H3,(H,2,3,4)/t8-;5-;/m00./s1. The van der Waals surface area contributed by atoms with Crippen LogP contribution in [-0.2, 0) is 21.3 Å². The molecule has 146 valence electrons. The summed E-state index contributed by atoms with van der Waals surface area (Å²) >= 11 is 0. The maximum atomic E-state index is 10.1. The summed E-state index contributed by atoms with van der Waals surface area (Å²) in [6, 6.07) is 9.85. The first-order valence-electron chi connectivity index (χ1n) is 7.87. The van der Waals surface area contributed by atoms with Gasteiger partial charge in [0.25, 0.3) is 10.1 Å². The number of carboxylic acids is 1. The SMILES string of the molecule is CS(=O)(=O)O.C[C@H](N)Cc1ccccc1.NCCCC[C@H](N)C(=O)O. The fourth-order valence-electron chi connectivity index (χ4n) is 1.62. The van der Waals surface area contributed by atoms with Crippen LogP contribution in [0, 0.1) is 0 Å². The maximum absolute atomic E-state index is 10.1. The van der Waals surface area contributed by atoms with Crippen molar-refractivity contribution in [3.63, 3.8) is 0 Å². The van der Waals surface area contributed by atoms with E-state index in [-0.39, 0.29) is 6.04 Å². The van der Waals surface area contributed by atoms with E-state index in [9.17, 15) is 13.2 Å². The molecule has 0 amide bonds. The Morgan fingerprint density at radius 1 is 1.16 bits per heavy atom. The number of rotatable bonds is 7. The summed E-state index contributed by atoms with van der Waals surface area (Å²) in [6.45, 7) is 2.62. The Kier molecular flexibility index (Phi) is 15.2. The smallest absolute Gasteiger partial charge is 0.320 e. The van der Waals surface area contributed by atoms with Crippen molar-refractivity contribution in [2.75, 3.05) is 12.8 Å². The molecule has 1 aromatic rings. The fraction of sp³-hybridized carbons (Fsp3) is 0.562. The molecule has 2 atom stereocenters. The number of unbranched alkanes of at least 4 members (excludes halogenated alkanes) is 1. The lowest BCUT2D eigenvalue weighted by Crippen LogP contribution is -2.29. The van der Waals surface area contributed by atoms with Crippen LogP contribution < -0.4 is 17.2 Å². The second kappa shape index (κ2) is 14.8. The van der Waals surface area contributed by atoms with Gasteiger partial charge in [-0.3, -0.25) is 9.35 Å². The number of benzene rings is 1. The first-order chi connectivity index (χ1) is 11.5. The van der Waals surface area contributed by atoms with E-state index in [2.05, 4.69) is 12.1 Å². The summed E-state index contributed by atoms with van der Waals surface area (Å²) in [4.78, 5) is 10.1. The van der Waals surface area contributed by atoms with E-state index in [4.69, 9.17) is 26.9 Å². The van der Waals surface area contributed by atoms with E-state index < -0.39 is 22.1 Å². The lowest BCUT2D eigenvalue weighted by atomic mass is 10.1. The highest BCUT2D eigenvalue weighted by Crippen LogP contribution is 2.00. The van der Waals surface area contributed by atoms with Gasteiger partial charge in [-0.05, 0) is 38.3 Å². The molecule has 0 aliphatic rings. The summed E-state index contributed by atoms with van der Waals surface area (Å²) in [5, 5.41) is 8.33. The molecule has 0 fully saturated rings. The molecule has 0 bridgehead atoms. The molecule has 8 N–H and O–H groups in total. The van der Waals surface area contributed by atoms with Crippen molar-refractivity contribution in [3.05, 3.63) is 35.9 Å². The van der Waals surface area contributed by atoms with Crippen molar-refractivity contribution in [2.45, 2.75) is 44.7 Å². The molecule has 25 heavy (non-hydrogen) atoms. The Morgan fingerprint density at radius 2 is 1.64 bits per heavy atom. The molecule has 0 saturated carbocycles. The van der Waals surface area contributed by atoms with Gasteiger partial charge in [-0.25, -0.2) is 0 Å². The van der Waals surface area contributed by atoms with Crippen LogP contribution in [0.1, 0.15) is 31.7 Å². The molecule has 0 radical (unpaired) electrons. The zero-order valence-corrected chi connectivity index (χ0v) is 15.7. The van der Waals surface area contributed by atoms with Crippen molar-refractivity contribution in [3.8, 4) is 0 Å². The monoisotopic (exact) mass is 377 g/mol. The van der Waals surface area contributed by atoms with Crippen LogP contribution in [0.5, 0.6) is 0 Å². The minimum absolute atomic E-state index is 0.266. The van der Waals surface area contributed by atoms with E-state index in [0.717, 1.165) is 19.3 Å². The molecule has 0 unspecified atom stereocenters. The largest absolute Gasteiger partial charge is 0.480 e. The fourth-order valence-corrected chi connectivity index (χ4v) is 1.62. The highest BCUT2D eigenvalue weighted by Gasteiger charge is 2.09. The van der Waals surface area contributed by atoms with Gasteiger partial charge in [-0.15, -0.1) is 0 Å². The molecule has 1 aromatic carbocycles. The van der Waals surface area contributed by atoms with Crippen LogP contribution in [0.15, 0.2) is 30.3 Å². The number of hydrogen-bond donors (Lipinski definition) is 5. The third-order valence-corrected chi connectivity index (χ3v) is 2.69. The van der Waals surface area contributed by atoms with Crippen LogP contribution >= 0.6 is 0 Å². The third kappa shape index (κ3) is 24.8. The minimum Gasteiger partial charge on any atom is -0.480 e. The average Bonchev–Trinajstić information content (AvgIpc) is 2.46. The Hall–Kier alpha value is -1.52. The predicted molar refractivity (Wildman–Crippen MR) is 99.8 cm³/mol. The quantitative estimate of drug-likeness (QED) is 0.340. The highest BCUT2D eigenvalue weighted by molar-refractivity contribution is 7.85. The number of aliphatic carboxylic acids is 1. The molecule has 0 heterocycles. The van der Waals surface area contributed by atoms with Gasteiger partial charge in [0, 0.05) is 6.04 Å². The van der Waals surface area contributed by atoms with Crippen LogP contribution in [0.3, 0.4) is 0 Å². The summed E-state index contributed by atoms with van der Waals surface area (Å²) in [6.07, 6.45) is 3.85. The van der Waals surface area contributed by atoms with Gasteiger partial charge >= 0.3 is 5.97 Å². The number of hydrogen-bond acceptors (Lipinski definition) is 6. The van der Waals surface area contributed by atoms with Crippen molar-refractivity contribution in [1.29, 1.82) is 0 Å². The Morgan fingerprint density at radius 3 is 2.00 bits per heavy atom. The molecule has 0 saturated heterocycles. The van der Waals surface area contributed by atoms with Gasteiger partial charge in [0.1, 0.15) is 6.04 Å². The Balaban J connectivity index is 0. The zero-order chi connectivity index (χ0) is 19.9. The van der Waals surface area contributed by atoms with Crippen molar-refractivity contribution in [1.82, 2.24) is 0 Å². The first-order valence-corrected chi connectivity index (χ1v) is 9.72. The predicted octanol–water partition coefficient (Wildman–Crippen LogP) is 0.608. The number of nitrogens with two attached hydrogens (primary N) is 3. The number of carboxylic acid groups (broad SMARTS) is 1. The normalized spacial score (nSPS) is 12.7. The molecule has 1 rings (SSSR count). The van der Waals surface area contributed by atoms with Crippen molar-refractivity contribution >= 4 is 16.1 Å². The van der Waals surface area contributed by atoms with Crippen LogP contribution in [0.2, 0.25) is 0 Å². The van der Waals surface area contributed by atoms with Crippen LogP contribution in [0.4, 0.5) is 0 Å². The van der Waals surface area contributed by atoms with Gasteiger partial charge in [0.15, 0.2) is 0 Å². The van der Waals surface area contributed by atoms with E-state index in [1.807, 2.05) is 25.1 Å². The van der Waals surface area contributed by atoms with E-state index >= 15 is 0 Å². The average molecular weight is 378 g/mol. The maximum Gasteiger partial charge on any atom is 0.320 e. The third-order valence-electron chi connectivity index (χ3n) is 2.69. The molecule has 9 heteroatoms. The Bertz CT molecular complexity index is 542. The van der Waals surface area contributed by atoms with Gasteiger partial charge < -0.3 is 22.3 Å². The van der Waals surface area contributed by atoms with Gasteiger partial charge in [0.2, 0.25) is 0 Å². The zero-order valence-electron chi connectivity index (χ0n) is 14.8. The van der Waals surface area contributed by atoms with Crippen LogP contribution in [-0.4, -0.2) is 48.9 Å². The van der Waals surface area contributed by atoms with Gasteiger partial charge in [-0.2, -0.15) is 8.42 Å². The van der Waals surface area contributed by atoms with Gasteiger partial charge in [0.05, 0.1) is 6.26 Å². The molecule has 0 spiro atoms. The minimum atomic E-state index is -3.67. The lowest BCUT2D eigenvalue weighted by Gasteiger charge is -2.03. The second-order valence-electron chi connectivity index (χ2n) is 5.63. The van der Waals surface area contributed by atoms with E-state index in [1.54, 1.807) is 0 Å². The molecular weight excluding hydrogens is 346 g/mol. The molecular formula is C16H31N3O5S. The van der Waals surface area contributed by atoms with E-state index in [1.165, 1.54) is 5.56 Å². The van der Waals surface area contributed by atoms with Crippen LogP contribution in [0.25, 0.3) is 0 Å². The summed E-state index contributed by atoms with van der Waals surface area (Å²) < 4.78 is 25.9. The molecule has 0 aromatic heterocycles. The second-order valence-corrected chi connectivity index (χ2v) is 7.10. The lowest BCUT2D eigenvalue weighted by molar-refractivity contribution is -0.138. The van der Waals surface area contributed by atoms with Crippen molar-refractivity contribution in [2.24, 2.45) is 17.2 Å². The molecule has 0 aliphatic heterocycles. The molecule has 8 nitrogen and oxygen atoms in total. The summed E-state index contributed by atoms with van der Waals surface area (Å²) in [5.74, 6) is -0.933. The van der Waals surface area contributed by atoms with Crippen molar-refractivity contribution < 1.29 is 22.9 Å². The Labute approximate surface area is 150 Å². The first kappa shape index (κ1) is 25.7. The summed E-state index contributed by atoms with van der Waals surface area (Å²) in [5.41, 5.74) is 17.4. The van der Waals surface area contributed by atoms with E-state index in [0.29, 0.717) is 19.2 Å².